The van der Waals surface area contributed by atoms with Gasteiger partial charge in [-0.2, -0.15) is 15.3 Å². The summed E-state index contributed by atoms with van der Waals surface area (Å²) in [6.45, 7) is 11.5. The highest BCUT2D eigenvalue weighted by Crippen LogP contribution is 2.42. The Bertz CT molecular complexity index is 4220. The lowest BCUT2D eigenvalue weighted by atomic mass is 9.85. The summed E-state index contributed by atoms with van der Waals surface area (Å²) in [5, 5.41) is 68.3. The largest absolute Gasteiger partial charge is 0.393 e. The highest BCUT2D eigenvalue weighted by Gasteiger charge is 2.35. The molecule has 30 heteroatoms. The summed E-state index contributed by atoms with van der Waals surface area (Å²) in [5.74, 6) is 3.69. The van der Waals surface area contributed by atoms with Crippen molar-refractivity contribution in [3.8, 4) is 33.4 Å². The molecule has 30 nitrogen and oxygen atoms in total. The minimum atomic E-state index is -0.249. The molecule has 6 fully saturated rings. The molecule has 9 aromatic rings. The summed E-state index contributed by atoms with van der Waals surface area (Å²) in [4.78, 5) is 55.4. The molecule has 558 valence electrons. The Hall–Kier alpha value is -8.94. The van der Waals surface area contributed by atoms with Crippen molar-refractivity contribution in [2.24, 2.45) is 11.8 Å². The third kappa shape index (κ3) is 16.7. The lowest BCUT2D eigenvalue weighted by Crippen LogP contribution is -2.24. The second-order valence-electron chi connectivity index (χ2n) is 30.0. The quantitative estimate of drug-likeness (QED) is 0.0360. The molecule has 3 saturated carbocycles. The maximum Gasteiger partial charge on any atom is 0.247 e. The number of aliphatic hydroxyl groups excluding tert-OH is 3. The lowest BCUT2D eigenvalue weighted by molar-refractivity contribution is -0.129. The molecule has 6 atom stereocenters. The fourth-order valence-corrected chi connectivity index (χ4v) is 16.0. The van der Waals surface area contributed by atoms with Gasteiger partial charge in [-0.25, -0.2) is 28.5 Å². The van der Waals surface area contributed by atoms with Gasteiger partial charge >= 0.3 is 0 Å². The summed E-state index contributed by atoms with van der Waals surface area (Å²) in [7, 11) is 10.6. The van der Waals surface area contributed by atoms with Crippen LogP contribution in [0.15, 0.2) is 74.0 Å². The van der Waals surface area contributed by atoms with Crippen LogP contribution >= 0.6 is 0 Å². The van der Waals surface area contributed by atoms with Gasteiger partial charge in [0.15, 0.2) is 0 Å². The van der Waals surface area contributed by atoms with Crippen LogP contribution in [0.3, 0.4) is 0 Å². The van der Waals surface area contributed by atoms with Crippen LogP contribution < -0.4 is 16.0 Å². The van der Waals surface area contributed by atoms with Crippen molar-refractivity contribution < 1.29 is 43.9 Å². The number of nitrogens with one attached hydrogen (secondary N) is 3. The molecular weight excluding hydrogens is 1330 g/mol. The molecule has 3 aliphatic heterocycles. The predicted octanol–water partition coefficient (Wildman–Crippen LogP) is 7.53. The minimum Gasteiger partial charge on any atom is -0.393 e. The van der Waals surface area contributed by atoms with Gasteiger partial charge in [-0.05, 0) is 122 Å². The topological polar surface area (TPSA) is 329 Å². The minimum absolute atomic E-state index is 0.0751. The van der Waals surface area contributed by atoms with E-state index >= 15 is 0 Å². The van der Waals surface area contributed by atoms with Crippen molar-refractivity contribution in [3.63, 3.8) is 0 Å². The number of carbonyl (C=O) groups excluding carboxylic acids is 3. The third-order valence-corrected chi connectivity index (χ3v) is 21.6. The Balaban J connectivity index is 0.000000139. The number of ether oxygens (including phenoxy) is 3. The monoisotopic (exact) mass is 1430 g/mol. The number of hydrogen-bond donors (Lipinski definition) is 6. The maximum atomic E-state index is 12.5. The molecule has 3 saturated heterocycles. The van der Waals surface area contributed by atoms with Crippen LogP contribution in [0.25, 0.3) is 49.9 Å². The molecule has 0 spiro atoms. The van der Waals surface area contributed by atoms with Crippen LogP contribution in [0.2, 0.25) is 0 Å². The lowest BCUT2D eigenvalue weighted by Gasteiger charge is -2.25. The molecule has 3 aliphatic carbocycles. The maximum absolute atomic E-state index is 12.5. The number of likely N-dealkylation sites (tertiary alicyclic amines) is 3. The molecule has 0 bridgehead atoms. The first-order valence-electron chi connectivity index (χ1n) is 37.1. The summed E-state index contributed by atoms with van der Waals surface area (Å²) in [5.41, 5.74) is 12.2. The first-order valence-corrected chi connectivity index (χ1v) is 37.1. The van der Waals surface area contributed by atoms with E-state index in [0.29, 0.717) is 68.3 Å². The first-order chi connectivity index (χ1) is 50.3. The van der Waals surface area contributed by atoms with Crippen molar-refractivity contribution in [2.45, 2.75) is 190 Å². The number of aromatic nitrogens is 15. The van der Waals surface area contributed by atoms with E-state index in [-0.39, 0.29) is 72.0 Å². The van der Waals surface area contributed by atoms with Crippen molar-refractivity contribution in [2.75, 3.05) is 97.9 Å². The summed E-state index contributed by atoms with van der Waals surface area (Å²) >= 11 is 0. The van der Waals surface area contributed by atoms with E-state index in [1.54, 1.807) is 40.7 Å². The first kappa shape index (κ1) is 73.4. The molecule has 12 heterocycles. The van der Waals surface area contributed by atoms with E-state index in [2.05, 4.69) is 76.8 Å². The number of hydrogen-bond acceptors (Lipinski definition) is 21. The van der Waals surface area contributed by atoms with Gasteiger partial charge in [0.25, 0.3) is 0 Å². The van der Waals surface area contributed by atoms with E-state index in [9.17, 15) is 29.7 Å². The average Bonchev–Trinajstić information content (AvgIpc) is 1.62. The molecule has 15 rings (SSSR count). The fourth-order valence-electron chi connectivity index (χ4n) is 16.0. The van der Waals surface area contributed by atoms with Crippen LogP contribution in [0, 0.1) is 11.8 Å². The molecular formula is C74H103N21O9. The zero-order valence-electron chi connectivity index (χ0n) is 61.5. The Morgan fingerprint density at radius 1 is 0.462 bits per heavy atom. The van der Waals surface area contributed by atoms with Crippen molar-refractivity contribution in [3.05, 3.63) is 91.1 Å². The van der Waals surface area contributed by atoms with Crippen molar-refractivity contribution in [1.82, 2.24) is 87.8 Å². The van der Waals surface area contributed by atoms with Crippen LogP contribution in [-0.4, -0.2) is 239 Å². The van der Waals surface area contributed by atoms with E-state index < -0.39 is 0 Å². The molecule has 0 aromatic carbocycles. The standard InChI is InChI=1S/2C25H35N7O3.C24H33N7O3/c2*1-16(15-35-3)28-25-26-11-23-21(9-22(32(23)29-25)18-4-6-20(33)7-5-18)19-10-27-31(14-19)13-17-8-24(34)30(2)12-17;1-15(14-34-3)27-24-25-12-22-19(10-21(31(22)28-24)16-4-6-18(32)7-5-16)17-11-26-30(13-17)20-8-9-29(2)23(20)33/h2*9-11,14,16-18,20,33H,4-8,12-13,15H2,1-3H3,(H,28,29);10-13,15-16,18,20,32H,4-9,14H2,1-3H3,(H,27,28)/t16-,17+,18?,20?;16-,17-,18?,20?;15-,16?,18?,20+/m000/s1. The number of anilines is 3. The number of carbonyl (C=O) groups is 3. The normalized spacial score (nSPS) is 23.9. The predicted molar refractivity (Wildman–Crippen MR) is 392 cm³/mol. The van der Waals surface area contributed by atoms with Gasteiger partial charge in [-0.1, -0.05) is 0 Å². The Labute approximate surface area is 605 Å². The van der Waals surface area contributed by atoms with E-state index in [0.717, 1.165) is 183 Å². The molecule has 9 aromatic heterocycles. The SMILES string of the molecule is COC[C@H](C)Nc1ncc2c(-c3cnn(C[C@@H]4CC(=O)N(C)C4)c3)cc(C3CCC(O)CC3)n2n1.COC[C@H](C)Nc1ncc2c(-c3cnn(C[C@H]4CC(=O)N(C)C4)c3)cc(C3CCC(O)CC3)n2n1.COC[C@H](C)Nc1ncc2c(-c3cnn([C@@H]4CCN(C)C4=O)c3)cc(C3CCC(O)CC3)n2n1. The number of rotatable bonds is 23. The molecule has 104 heavy (non-hydrogen) atoms. The van der Waals surface area contributed by atoms with E-state index in [1.807, 2.05) is 108 Å². The molecule has 6 N–H and O–H groups in total. The zero-order valence-corrected chi connectivity index (χ0v) is 61.5. The van der Waals surface area contributed by atoms with Gasteiger partial charge in [-0.3, -0.25) is 28.4 Å². The van der Waals surface area contributed by atoms with Crippen molar-refractivity contribution >= 4 is 52.1 Å². The molecule has 3 amide bonds. The Morgan fingerprint density at radius 3 is 1.12 bits per heavy atom. The smallest absolute Gasteiger partial charge is 0.247 e. The molecule has 0 radical (unpaired) electrons. The summed E-state index contributed by atoms with van der Waals surface area (Å²) in [6.07, 6.45) is 28.9. The van der Waals surface area contributed by atoms with Crippen LogP contribution in [0.1, 0.15) is 158 Å². The van der Waals surface area contributed by atoms with Crippen LogP contribution in [-0.2, 0) is 41.7 Å². The second kappa shape index (κ2) is 32.6. The summed E-state index contributed by atoms with van der Waals surface area (Å²) < 4.78 is 27.4. The number of amides is 3. The highest BCUT2D eigenvalue weighted by atomic mass is 16.5. The highest BCUT2D eigenvalue weighted by molar-refractivity contribution is 5.85. The van der Waals surface area contributed by atoms with Crippen LogP contribution in [0.4, 0.5) is 17.8 Å². The van der Waals surface area contributed by atoms with Gasteiger partial charge in [0.2, 0.25) is 35.6 Å². The number of nitrogens with zero attached hydrogens (tertiary/aromatic N) is 18. The second-order valence-corrected chi connectivity index (χ2v) is 30.0. The summed E-state index contributed by atoms with van der Waals surface area (Å²) in [6, 6.07) is 6.60. The van der Waals surface area contributed by atoms with Gasteiger partial charge in [0.05, 0.1) is 91.9 Å². The fraction of sp³-hybridized carbons (Fsp3) is 0.595. The van der Waals surface area contributed by atoms with E-state index in [4.69, 9.17) is 29.5 Å². The Kier molecular flexibility index (Phi) is 23.0. The zero-order chi connectivity index (χ0) is 72.9. The van der Waals surface area contributed by atoms with Gasteiger partial charge < -0.3 is 60.2 Å². The van der Waals surface area contributed by atoms with Crippen LogP contribution in [0.5, 0.6) is 0 Å². The van der Waals surface area contributed by atoms with Gasteiger partial charge in [0.1, 0.15) is 6.04 Å². The number of methoxy groups -OCH3 is 3. The molecule has 6 aliphatic rings. The average molecular weight is 1430 g/mol. The number of likely N-dealkylation sites (N-methyl/N-ethyl adjacent to an activating group) is 1. The van der Waals surface area contributed by atoms with E-state index in [1.165, 1.54) is 0 Å². The number of fused-ring (bicyclic) bond motifs is 3. The third-order valence-electron chi connectivity index (χ3n) is 21.6. The van der Waals surface area contributed by atoms with Crippen molar-refractivity contribution in [1.29, 1.82) is 0 Å². The molecule has 0 unspecified atom stereocenters. The Morgan fingerprint density at radius 2 is 0.808 bits per heavy atom. The van der Waals surface area contributed by atoms with Gasteiger partial charge in [-0.15, -0.1) is 15.3 Å². The van der Waals surface area contributed by atoms with Gasteiger partial charge in [0, 0.05) is 205 Å². The number of aliphatic hydroxyl groups is 3.